The first kappa shape index (κ1) is 18.2. The molecular formula is C20H20BrN3O2. The molecule has 0 spiro atoms. The lowest BCUT2D eigenvalue weighted by Gasteiger charge is -2.15. The van der Waals surface area contributed by atoms with Crippen LogP contribution in [0.15, 0.2) is 46.9 Å². The summed E-state index contributed by atoms with van der Waals surface area (Å²) in [7, 11) is 5.58. The third kappa shape index (κ3) is 3.51. The van der Waals surface area contributed by atoms with Gasteiger partial charge in [-0.05, 0) is 45.8 Å². The first-order chi connectivity index (χ1) is 12.4. The van der Waals surface area contributed by atoms with Gasteiger partial charge in [0, 0.05) is 36.1 Å². The summed E-state index contributed by atoms with van der Waals surface area (Å²) in [5.74, 6) is 0.145. The molecule has 0 aliphatic heterocycles. The summed E-state index contributed by atoms with van der Waals surface area (Å²) in [6.45, 7) is 0. The van der Waals surface area contributed by atoms with E-state index in [0.717, 1.165) is 21.4 Å². The molecule has 0 bridgehead atoms. The monoisotopic (exact) mass is 413 g/mol. The second-order valence-corrected chi connectivity index (χ2v) is 7.09. The van der Waals surface area contributed by atoms with Gasteiger partial charge in [0.1, 0.15) is 11.3 Å². The number of rotatable bonds is 5. The average Bonchev–Trinajstić information content (AvgIpc) is 2.60. The second-order valence-electron chi connectivity index (χ2n) is 6.24. The Hall–Kier alpha value is -2.60. The predicted molar refractivity (Wildman–Crippen MR) is 108 cm³/mol. The predicted octanol–water partition coefficient (Wildman–Crippen LogP) is 3.76. The Bertz CT molecular complexity index is 986. The topological polar surface area (TPSA) is 68.5 Å². The van der Waals surface area contributed by atoms with Gasteiger partial charge in [0.25, 0.3) is 0 Å². The van der Waals surface area contributed by atoms with E-state index < -0.39 is 5.91 Å². The fourth-order valence-corrected chi connectivity index (χ4v) is 3.75. The first-order valence-corrected chi connectivity index (χ1v) is 8.92. The molecule has 1 heterocycles. The number of ether oxygens (including phenoxy) is 1. The lowest BCUT2D eigenvalue weighted by atomic mass is 10.0. The molecule has 3 rings (SSSR count). The highest BCUT2D eigenvalue weighted by molar-refractivity contribution is 9.10. The van der Waals surface area contributed by atoms with Crippen LogP contribution in [-0.4, -0.2) is 32.1 Å². The molecule has 5 nitrogen and oxygen atoms in total. The van der Waals surface area contributed by atoms with Crippen molar-refractivity contribution in [1.82, 2.24) is 4.98 Å². The van der Waals surface area contributed by atoms with Gasteiger partial charge in [-0.2, -0.15) is 0 Å². The second kappa shape index (κ2) is 7.33. The zero-order chi connectivity index (χ0) is 18.8. The lowest BCUT2D eigenvalue weighted by molar-refractivity contribution is 0.100. The van der Waals surface area contributed by atoms with E-state index in [0.29, 0.717) is 28.6 Å². The summed E-state index contributed by atoms with van der Waals surface area (Å²) >= 11 is 3.61. The van der Waals surface area contributed by atoms with E-state index in [1.165, 1.54) is 0 Å². The highest BCUT2D eigenvalue weighted by Crippen LogP contribution is 2.29. The van der Waals surface area contributed by atoms with Crippen LogP contribution in [0.25, 0.3) is 10.9 Å². The number of carbonyl (C=O) groups excluding carboxylic acids is 1. The molecule has 0 aliphatic rings. The largest absolute Gasteiger partial charge is 0.494 e. The van der Waals surface area contributed by atoms with Crippen LogP contribution in [0.2, 0.25) is 0 Å². The number of primary amides is 1. The number of methoxy groups -OCH3 is 1. The minimum atomic E-state index is -0.476. The Morgan fingerprint density at radius 2 is 2.00 bits per heavy atom. The van der Waals surface area contributed by atoms with Crippen molar-refractivity contribution in [3.8, 4) is 5.75 Å². The van der Waals surface area contributed by atoms with Crippen molar-refractivity contribution in [2.45, 2.75) is 6.42 Å². The third-order valence-electron chi connectivity index (χ3n) is 4.22. The van der Waals surface area contributed by atoms with Crippen molar-refractivity contribution in [1.29, 1.82) is 0 Å². The first-order valence-electron chi connectivity index (χ1n) is 8.13. The Morgan fingerprint density at radius 1 is 1.23 bits per heavy atom. The van der Waals surface area contributed by atoms with Gasteiger partial charge in [-0.25, -0.2) is 4.98 Å². The number of hydrogen-bond acceptors (Lipinski definition) is 4. The van der Waals surface area contributed by atoms with Crippen LogP contribution in [0.5, 0.6) is 5.75 Å². The van der Waals surface area contributed by atoms with Crippen molar-refractivity contribution in [3.63, 3.8) is 0 Å². The van der Waals surface area contributed by atoms with Gasteiger partial charge < -0.3 is 15.4 Å². The molecule has 0 radical (unpaired) electrons. The number of aromatic nitrogens is 1. The average molecular weight is 414 g/mol. The Kier molecular flexibility index (Phi) is 5.13. The van der Waals surface area contributed by atoms with Crippen molar-refractivity contribution < 1.29 is 9.53 Å². The van der Waals surface area contributed by atoms with E-state index in [2.05, 4.69) is 34.1 Å². The zero-order valence-electron chi connectivity index (χ0n) is 14.9. The Labute approximate surface area is 160 Å². The smallest absolute Gasteiger partial charge is 0.249 e. The fraction of sp³-hybridized carbons (Fsp3) is 0.200. The van der Waals surface area contributed by atoms with Gasteiger partial charge in [0.15, 0.2) is 0 Å². The number of nitrogens with zero attached hydrogens (tertiary/aromatic N) is 2. The molecule has 0 aliphatic carbocycles. The van der Waals surface area contributed by atoms with Crippen LogP contribution in [0.1, 0.15) is 21.6 Å². The number of halogens is 1. The van der Waals surface area contributed by atoms with Crippen molar-refractivity contribution in [2.75, 3.05) is 26.1 Å². The standard InChI is InChI=1S/C20H20BrN3O2/c1-24(2)17-8-7-12(10-16(17)21)9-13-11-15(20(22)25)14-5-4-6-18(26-3)19(14)23-13/h4-8,10-11H,9H2,1-3H3,(H2,22,25). The zero-order valence-corrected chi connectivity index (χ0v) is 16.5. The molecule has 134 valence electrons. The molecule has 1 amide bonds. The summed E-state index contributed by atoms with van der Waals surface area (Å²) in [5, 5.41) is 0.699. The highest BCUT2D eigenvalue weighted by Gasteiger charge is 2.14. The molecule has 1 aromatic heterocycles. The molecule has 0 saturated heterocycles. The molecule has 0 saturated carbocycles. The lowest BCUT2D eigenvalue weighted by Crippen LogP contribution is -2.13. The Balaban J connectivity index is 2.08. The maximum Gasteiger partial charge on any atom is 0.249 e. The number of carbonyl (C=O) groups is 1. The number of benzene rings is 2. The van der Waals surface area contributed by atoms with Crippen LogP contribution in [-0.2, 0) is 6.42 Å². The quantitative estimate of drug-likeness (QED) is 0.691. The Morgan fingerprint density at radius 3 is 2.62 bits per heavy atom. The fourth-order valence-electron chi connectivity index (χ4n) is 2.97. The maximum atomic E-state index is 11.9. The van der Waals surface area contributed by atoms with Gasteiger partial charge in [-0.15, -0.1) is 0 Å². The van der Waals surface area contributed by atoms with E-state index in [1.54, 1.807) is 13.2 Å². The molecule has 2 aromatic carbocycles. The summed E-state index contributed by atoms with van der Waals surface area (Å²) in [6, 6.07) is 13.4. The number of hydrogen-bond donors (Lipinski definition) is 1. The van der Waals surface area contributed by atoms with E-state index >= 15 is 0 Å². The van der Waals surface area contributed by atoms with Crippen LogP contribution in [0.4, 0.5) is 5.69 Å². The molecule has 0 unspecified atom stereocenters. The SMILES string of the molecule is COc1cccc2c(C(N)=O)cc(Cc3ccc(N(C)C)c(Br)c3)nc12. The molecule has 26 heavy (non-hydrogen) atoms. The molecule has 0 fully saturated rings. The van der Waals surface area contributed by atoms with Crippen molar-refractivity contribution in [3.05, 3.63) is 63.8 Å². The van der Waals surface area contributed by atoms with Crippen molar-refractivity contribution in [2.24, 2.45) is 5.73 Å². The number of amides is 1. The van der Waals surface area contributed by atoms with E-state index in [4.69, 9.17) is 15.5 Å². The van der Waals surface area contributed by atoms with E-state index in [-0.39, 0.29) is 0 Å². The molecular weight excluding hydrogens is 394 g/mol. The van der Waals surface area contributed by atoms with E-state index in [1.807, 2.05) is 37.2 Å². The third-order valence-corrected chi connectivity index (χ3v) is 4.86. The summed E-state index contributed by atoms with van der Waals surface area (Å²) in [5.41, 5.74) is 9.63. The highest BCUT2D eigenvalue weighted by atomic mass is 79.9. The normalized spacial score (nSPS) is 10.8. The van der Waals surface area contributed by atoms with Crippen molar-refractivity contribution >= 4 is 38.4 Å². The van der Waals surface area contributed by atoms with Gasteiger partial charge in [-0.3, -0.25) is 4.79 Å². The van der Waals surface area contributed by atoms with E-state index in [9.17, 15) is 4.79 Å². The number of fused-ring (bicyclic) bond motifs is 1. The van der Waals surface area contributed by atoms with Crippen LogP contribution in [0.3, 0.4) is 0 Å². The van der Waals surface area contributed by atoms with Crippen LogP contribution < -0.4 is 15.4 Å². The maximum absolute atomic E-state index is 11.9. The number of pyridine rings is 1. The van der Waals surface area contributed by atoms with Gasteiger partial charge in [-0.1, -0.05) is 18.2 Å². The molecule has 0 atom stereocenters. The minimum absolute atomic E-state index is 0.452. The minimum Gasteiger partial charge on any atom is -0.494 e. The number of anilines is 1. The van der Waals surface area contributed by atoms with Crippen LogP contribution in [0, 0.1) is 0 Å². The summed E-state index contributed by atoms with van der Waals surface area (Å²) in [4.78, 5) is 18.7. The van der Waals surface area contributed by atoms with Crippen LogP contribution >= 0.6 is 15.9 Å². The van der Waals surface area contributed by atoms with Gasteiger partial charge in [0.05, 0.1) is 18.4 Å². The molecule has 2 N–H and O–H groups in total. The molecule has 6 heteroatoms. The molecule has 3 aromatic rings. The number of nitrogens with two attached hydrogens (primary N) is 1. The summed E-state index contributed by atoms with van der Waals surface area (Å²) < 4.78 is 6.41. The summed E-state index contributed by atoms with van der Waals surface area (Å²) in [6.07, 6.45) is 0.584. The van der Waals surface area contributed by atoms with Gasteiger partial charge in [0.2, 0.25) is 5.91 Å². The van der Waals surface area contributed by atoms with Gasteiger partial charge >= 0.3 is 0 Å². The number of para-hydroxylation sites is 1.